The molecule has 0 saturated carbocycles. The van der Waals surface area contributed by atoms with Crippen molar-refractivity contribution in [2.24, 2.45) is 5.92 Å². The molecular formula is C9H13NO3. The van der Waals surface area contributed by atoms with Crippen LogP contribution in [0.1, 0.15) is 19.8 Å². The highest BCUT2D eigenvalue weighted by Gasteiger charge is 2.19. The maximum atomic E-state index is 11.3. The Bertz CT molecular complexity index is 258. The summed E-state index contributed by atoms with van der Waals surface area (Å²) in [6, 6.07) is 0. The average Bonchev–Trinajstić information content (AvgIpc) is 2.11. The Balaban J connectivity index is 2.65. The van der Waals surface area contributed by atoms with Gasteiger partial charge in [0.2, 0.25) is 0 Å². The zero-order chi connectivity index (χ0) is 9.84. The number of hydrogen-bond donors (Lipinski definition) is 1. The number of carbonyl (C=O) groups is 2. The van der Waals surface area contributed by atoms with Gasteiger partial charge < -0.3 is 4.74 Å². The monoisotopic (exact) mass is 183 g/mol. The third kappa shape index (κ3) is 2.57. The van der Waals surface area contributed by atoms with Gasteiger partial charge in [-0.15, -0.1) is 0 Å². The van der Waals surface area contributed by atoms with Crippen molar-refractivity contribution in [1.29, 1.82) is 0 Å². The Morgan fingerprint density at radius 3 is 3.00 bits per heavy atom. The predicted molar refractivity (Wildman–Crippen MR) is 47.0 cm³/mol. The van der Waals surface area contributed by atoms with Gasteiger partial charge in [0.25, 0.3) is 0 Å². The van der Waals surface area contributed by atoms with Crippen molar-refractivity contribution in [2.75, 3.05) is 7.11 Å². The number of hydrogen-bond acceptors (Lipinski definition) is 3. The minimum Gasteiger partial charge on any atom is -0.453 e. The van der Waals surface area contributed by atoms with Crippen LogP contribution in [0, 0.1) is 5.92 Å². The molecule has 13 heavy (non-hydrogen) atoms. The lowest BCUT2D eigenvalue weighted by Gasteiger charge is -2.16. The van der Waals surface area contributed by atoms with E-state index in [0.717, 1.165) is 6.42 Å². The van der Waals surface area contributed by atoms with E-state index in [1.54, 1.807) is 6.08 Å². The highest BCUT2D eigenvalue weighted by Crippen LogP contribution is 2.17. The molecule has 1 N–H and O–H groups in total. The number of ether oxygens (including phenoxy) is 1. The number of nitrogens with one attached hydrogen (secondary N) is 1. The lowest BCUT2D eigenvalue weighted by molar-refractivity contribution is -0.116. The van der Waals surface area contributed by atoms with E-state index in [2.05, 4.69) is 10.1 Å². The van der Waals surface area contributed by atoms with Crippen LogP contribution in [0.2, 0.25) is 0 Å². The summed E-state index contributed by atoms with van der Waals surface area (Å²) >= 11 is 0. The minimum absolute atomic E-state index is 0.0245. The molecule has 1 atom stereocenters. The fourth-order valence-corrected chi connectivity index (χ4v) is 1.23. The van der Waals surface area contributed by atoms with Crippen LogP contribution < -0.4 is 5.32 Å². The Hall–Kier alpha value is -1.32. The molecule has 1 rings (SSSR count). The largest absolute Gasteiger partial charge is 0.453 e. The first kappa shape index (κ1) is 9.77. The summed E-state index contributed by atoms with van der Waals surface area (Å²) < 4.78 is 4.39. The number of carbonyl (C=O) groups excluding carboxylic acids is 2. The standard InChI is InChI=1S/C9H13NO3/c1-6-3-4-8(11)7(5-6)10-9(12)13-2/h5-6H,3-4H2,1-2H3,(H,10,12). The van der Waals surface area contributed by atoms with E-state index in [1.807, 2.05) is 6.92 Å². The molecule has 0 fully saturated rings. The predicted octanol–water partition coefficient (Wildman–Crippen LogP) is 1.23. The van der Waals surface area contributed by atoms with Crippen LogP contribution in [0.3, 0.4) is 0 Å². The van der Waals surface area contributed by atoms with E-state index in [0.29, 0.717) is 18.0 Å². The van der Waals surface area contributed by atoms with Gasteiger partial charge in [0.15, 0.2) is 5.78 Å². The fourth-order valence-electron chi connectivity index (χ4n) is 1.23. The first-order chi connectivity index (χ1) is 6.13. The van der Waals surface area contributed by atoms with Crippen LogP contribution in [0.25, 0.3) is 0 Å². The molecule has 0 aromatic heterocycles. The Kier molecular flexibility index (Phi) is 3.06. The van der Waals surface area contributed by atoms with Gasteiger partial charge in [-0.1, -0.05) is 13.0 Å². The number of rotatable bonds is 1. The molecule has 1 amide bonds. The first-order valence-electron chi connectivity index (χ1n) is 4.23. The second-order valence-electron chi connectivity index (χ2n) is 3.14. The van der Waals surface area contributed by atoms with E-state index < -0.39 is 6.09 Å². The Morgan fingerprint density at radius 2 is 2.38 bits per heavy atom. The average molecular weight is 183 g/mol. The Morgan fingerprint density at radius 1 is 1.69 bits per heavy atom. The number of Topliss-reactive ketones (excluding diaryl/α,β-unsaturated/α-hetero) is 1. The topological polar surface area (TPSA) is 55.4 Å². The molecule has 1 aliphatic carbocycles. The van der Waals surface area contributed by atoms with Crippen molar-refractivity contribution >= 4 is 11.9 Å². The molecule has 0 bridgehead atoms. The van der Waals surface area contributed by atoms with Gasteiger partial charge in [0, 0.05) is 6.42 Å². The summed E-state index contributed by atoms with van der Waals surface area (Å²) in [7, 11) is 1.27. The van der Waals surface area contributed by atoms with Crippen LogP contribution in [-0.2, 0) is 9.53 Å². The van der Waals surface area contributed by atoms with Crippen molar-refractivity contribution in [2.45, 2.75) is 19.8 Å². The number of ketones is 1. The van der Waals surface area contributed by atoms with E-state index in [-0.39, 0.29) is 5.78 Å². The van der Waals surface area contributed by atoms with E-state index in [1.165, 1.54) is 7.11 Å². The number of alkyl carbamates (subject to hydrolysis) is 1. The molecule has 72 valence electrons. The van der Waals surface area contributed by atoms with Gasteiger partial charge in [0.05, 0.1) is 12.8 Å². The second-order valence-corrected chi connectivity index (χ2v) is 3.14. The smallest absolute Gasteiger partial charge is 0.411 e. The van der Waals surface area contributed by atoms with Gasteiger partial charge in [0.1, 0.15) is 0 Å². The summed E-state index contributed by atoms with van der Waals surface area (Å²) in [5, 5.41) is 2.40. The molecule has 0 radical (unpaired) electrons. The highest BCUT2D eigenvalue weighted by molar-refractivity contribution is 5.98. The van der Waals surface area contributed by atoms with Crippen LogP contribution in [0.5, 0.6) is 0 Å². The second kappa shape index (κ2) is 4.07. The minimum atomic E-state index is -0.589. The molecule has 0 aliphatic heterocycles. The zero-order valence-corrected chi connectivity index (χ0v) is 7.79. The molecule has 1 unspecified atom stereocenters. The maximum absolute atomic E-state index is 11.3. The highest BCUT2D eigenvalue weighted by atomic mass is 16.5. The molecule has 0 aromatic rings. The zero-order valence-electron chi connectivity index (χ0n) is 7.79. The SMILES string of the molecule is COC(=O)NC1=CC(C)CCC1=O. The third-order valence-electron chi connectivity index (χ3n) is 2.00. The number of methoxy groups -OCH3 is 1. The Labute approximate surface area is 76.9 Å². The van der Waals surface area contributed by atoms with E-state index in [9.17, 15) is 9.59 Å². The molecule has 0 spiro atoms. The number of amides is 1. The molecule has 4 heteroatoms. The van der Waals surface area contributed by atoms with Gasteiger partial charge >= 0.3 is 6.09 Å². The fraction of sp³-hybridized carbons (Fsp3) is 0.556. The van der Waals surface area contributed by atoms with Crippen molar-refractivity contribution in [3.8, 4) is 0 Å². The van der Waals surface area contributed by atoms with Gasteiger partial charge in [-0.3, -0.25) is 10.1 Å². The summed E-state index contributed by atoms with van der Waals surface area (Å²) in [5.74, 6) is 0.313. The summed E-state index contributed by atoms with van der Waals surface area (Å²) in [6.07, 6.45) is 2.53. The van der Waals surface area contributed by atoms with Gasteiger partial charge in [-0.2, -0.15) is 0 Å². The molecule has 0 heterocycles. The summed E-state index contributed by atoms with van der Waals surface area (Å²) in [5.41, 5.74) is 0.366. The quantitative estimate of drug-likeness (QED) is 0.665. The number of allylic oxidation sites excluding steroid dienone is 2. The molecule has 1 aliphatic rings. The molecule has 0 aromatic carbocycles. The molecular weight excluding hydrogens is 170 g/mol. The maximum Gasteiger partial charge on any atom is 0.411 e. The van der Waals surface area contributed by atoms with Crippen LogP contribution in [-0.4, -0.2) is 19.0 Å². The van der Waals surface area contributed by atoms with Crippen LogP contribution in [0.15, 0.2) is 11.8 Å². The first-order valence-corrected chi connectivity index (χ1v) is 4.23. The molecule has 4 nitrogen and oxygen atoms in total. The lowest BCUT2D eigenvalue weighted by atomic mass is 9.94. The van der Waals surface area contributed by atoms with Gasteiger partial charge in [-0.25, -0.2) is 4.79 Å². The molecule has 0 saturated heterocycles. The summed E-state index contributed by atoms with van der Waals surface area (Å²) in [6.45, 7) is 2.01. The van der Waals surface area contributed by atoms with Gasteiger partial charge in [-0.05, 0) is 12.3 Å². The third-order valence-corrected chi connectivity index (χ3v) is 2.00. The van der Waals surface area contributed by atoms with Crippen molar-refractivity contribution in [3.05, 3.63) is 11.8 Å². The normalized spacial score (nSPS) is 22.2. The van der Waals surface area contributed by atoms with Crippen LogP contribution >= 0.6 is 0 Å². The van der Waals surface area contributed by atoms with Crippen LogP contribution in [0.4, 0.5) is 4.79 Å². The lowest BCUT2D eigenvalue weighted by Crippen LogP contribution is -2.29. The van der Waals surface area contributed by atoms with E-state index in [4.69, 9.17) is 0 Å². The summed E-state index contributed by atoms with van der Waals surface area (Å²) in [4.78, 5) is 22.1. The van der Waals surface area contributed by atoms with Crippen molar-refractivity contribution in [3.63, 3.8) is 0 Å². The van der Waals surface area contributed by atoms with Crippen molar-refractivity contribution in [1.82, 2.24) is 5.32 Å². The van der Waals surface area contributed by atoms with E-state index >= 15 is 0 Å². The van der Waals surface area contributed by atoms with Crippen molar-refractivity contribution < 1.29 is 14.3 Å².